The molecule has 0 aliphatic heterocycles. The molecule has 3 heteroatoms. The van der Waals surface area contributed by atoms with E-state index in [2.05, 4.69) is 0 Å². The van der Waals surface area contributed by atoms with E-state index in [1.165, 1.54) is 12.1 Å². The highest BCUT2D eigenvalue weighted by Gasteiger charge is 2.01. The Hall–Kier alpha value is -0.760. The van der Waals surface area contributed by atoms with Crippen molar-refractivity contribution in [3.63, 3.8) is 0 Å². The molecule has 0 aromatic heterocycles. The fraction of sp³-hybridized carbons (Fsp3) is 0.333. The number of hydrogen-bond donors (Lipinski definition) is 0. The summed E-state index contributed by atoms with van der Waals surface area (Å²) in [5, 5.41) is 0.352. The monoisotopic (exact) mass is 188 g/mol. The van der Waals surface area contributed by atoms with Crippen LogP contribution in [0.2, 0.25) is 5.02 Å². The fourth-order valence-corrected chi connectivity index (χ4v) is 1.08. The molecule has 0 N–H and O–H groups in total. The molecule has 0 aliphatic rings. The second-order valence-corrected chi connectivity index (χ2v) is 3.21. The van der Waals surface area contributed by atoms with Crippen LogP contribution in [0.25, 0.3) is 0 Å². The third-order valence-corrected chi connectivity index (χ3v) is 1.43. The Morgan fingerprint density at radius 1 is 1.33 bits per heavy atom. The molecule has 0 fully saturated rings. The van der Waals surface area contributed by atoms with Gasteiger partial charge in [0, 0.05) is 11.1 Å². The van der Waals surface area contributed by atoms with Gasteiger partial charge < -0.3 is 4.74 Å². The van der Waals surface area contributed by atoms with Gasteiger partial charge in [0.15, 0.2) is 0 Å². The van der Waals surface area contributed by atoms with Crippen LogP contribution in [0.4, 0.5) is 4.39 Å². The minimum absolute atomic E-state index is 0.0304. The van der Waals surface area contributed by atoms with Gasteiger partial charge in [-0.3, -0.25) is 0 Å². The van der Waals surface area contributed by atoms with Gasteiger partial charge in [-0.1, -0.05) is 11.6 Å². The molecule has 1 rings (SSSR count). The van der Waals surface area contributed by atoms with E-state index in [-0.39, 0.29) is 11.9 Å². The lowest BCUT2D eigenvalue weighted by molar-refractivity contribution is 0.241. The lowest BCUT2D eigenvalue weighted by atomic mass is 10.3. The summed E-state index contributed by atoms with van der Waals surface area (Å²) >= 11 is 5.61. The van der Waals surface area contributed by atoms with Crippen LogP contribution in [-0.4, -0.2) is 6.10 Å². The summed E-state index contributed by atoms with van der Waals surface area (Å²) in [5.74, 6) is 0.0909. The number of halogens is 2. The Kier molecular flexibility index (Phi) is 2.93. The summed E-state index contributed by atoms with van der Waals surface area (Å²) in [6.07, 6.45) is 0.0304. The third-order valence-electron chi connectivity index (χ3n) is 1.21. The van der Waals surface area contributed by atoms with Crippen LogP contribution in [0.5, 0.6) is 5.75 Å². The highest BCUT2D eigenvalue weighted by molar-refractivity contribution is 6.30. The molecule has 0 amide bonds. The Morgan fingerprint density at radius 3 is 2.50 bits per heavy atom. The van der Waals surface area contributed by atoms with E-state index in [4.69, 9.17) is 16.3 Å². The van der Waals surface area contributed by atoms with Crippen molar-refractivity contribution in [3.05, 3.63) is 29.0 Å². The molecule has 1 aromatic carbocycles. The van der Waals surface area contributed by atoms with E-state index in [0.717, 1.165) is 0 Å². The van der Waals surface area contributed by atoms with Crippen LogP contribution in [-0.2, 0) is 0 Å². The molecule has 66 valence electrons. The average molecular weight is 189 g/mol. The quantitative estimate of drug-likeness (QED) is 0.692. The van der Waals surface area contributed by atoms with E-state index >= 15 is 0 Å². The largest absolute Gasteiger partial charge is 0.491 e. The zero-order valence-electron chi connectivity index (χ0n) is 6.97. The van der Waals surface area contributed by atoms with Crippen LogP contribution >= 0.6 is 11.6 Å². The molecule has 12 heavy (non-hydrogen) atoms. The highest BCUT2D eigenvalue weighted by Crippen LogP contribution is 2.20. The first-order chi connectivity index (χ1) is 5.58. The maximum absolute atomic E-state index is 12.7. The topological polar surface area (TPSA) is 9.23 Å². The Balaban J connectivity index is 2.85. The third kappa shape index (κ3) is 2.70. The van der Waals surface area contributed by atoms with Crippen molar-refractivity contribution in [3.8, 4) is 5.75 Å². The van der Waals surface area contributed by atoms with E-state index < -0.39 is 0 Å². The van der Waals surface area contributed by atoms with Gasteiger partial charge in [-0.25, -0.2) is 4.39 Å². The minimum atomic E-state index is -0.377. The molecule has 0 heterocycles. The van der Waals surface area contributed by atoms with Gasteiger partial charge in [-0.2, -0.15) is 0 Å². The van der Waals surface area contributed by atoms with Crippen LogP contribution in [0.3, 0.4) is 0 Å². The van der Waals surface area contributed by atoms with Crippen molar-refractivity contribution in [2.75, 3.05) is 0 Å². The van der Waals surface area contributed by atoms with Crippen molar-refractivity contribution >= 4 is 11.6 Å². The molecule has 0 aliphatic carbocycles. The summed E-state index contributed by atoms with van der Waals surface area (Å²) in [5.41, 5.74) is 0. The van der Waals surface area contributed by atoms with Crippen LogP contribution < -0.4 is 4.74 Å². The first-order valence-electron chi connectivity index (χ1n) is 3.70. The van der Waals surface area contributed by atoms with E-state index in [9.17, 15) is 4.39 Å². The van der Waals surface area contributed by atoms with E-state index in [1.54, 1.807) is 6.07 Å². The van der Waals surface area contributed by atoms with Gasteiger partial charge in [-0.05, 0) is 26.0 Å². The number of hydrogen-bond acceptors (Lipinski definition) is 1. The van der Waals surface area contributed by atoms with Gasteiger partial charge in [0.2, 0.25) is 0 Å². The summed E-state index contributed by atoms with van der Waals surface area (Å²) in [6.45, 7) is 3.75. The number of ether oxygens (including phenoxy) is 1. The molecule has 0 atom stereocenters. The predicted molar refractivity (Wildman–Crippen MR) is 47.2 cm³/mol. The van der Waals surface area contributed by atoms with E-state index in [1.807, 2.05) is 13.8 Å². The maximum atomic E-state index is 12.7. The molecule has 0 unspecified atom stereocenters. The molecular weight excluding hydrogens is 179 g/mol. The lowest BCUT2D eigenvalue weighted by Gasteiger charge is -2.09. The fourth-order valence-electron chi connectivity index (χ4n) is 0.869. The van der Waals surface area contributed by atoms with E-state index in [0.29, 0.717) is 10.8 Å². The first kappa shape index (κ1) is 9.33. The first-order valence-corrected chi connectivity index (χ1v) is 4.08. The summed E-state index contributed by atoms with van der Waals surface area (Å²) in [6, 6.07) is 4.14. The molecular formula is C9H10ClFO. The Labute approximate surface area is 76.1 Å². The van der Waals surface area contributed by atoms with Crippen molar-refractivity contribution in [1.29, 1.82) is 0 Å². The maximum Gasteiger partial charge on any atom is 0.128 e. The molecule has 0 saturated carbocycles. The summed E-state index contributed by atoms with van der Waals surface area (Å²) in [4.78, 5) is 0. The Morgan fingerprint density at radius 2 is 2.00 bits per heavy atom. The van der Waals surface area contributed by atoms with Gasteiger partial charge in [0.25, 0.3) is 0 Å². The standard InChI is InChI=1S/C9H10ClFO/c1-6(2)12-9-4-7(10)3-8(11)5-9/h3-6H,1-2H3. The van der Waals surface area contributed by atoms with Gasteiger partial charge in [0.05, 0.1) is 6.10 Å². The molecule has 1 aromatic rings. The lowest BCUT2D eigenvalue weighted by Crippen LogP contribution is -2.05. The number of rotatable bonds is 2. The molecule has 0 radical (unpaired) electrons. The van der Waals surface area contributed by atoms with Crippen molar-refractivity contribution in [1.82, 2.24) is 0 Å². The average Bonchev–Trinajstić information content (AvgIpc) is 1.81. The Bertz CT molecular complexity index is 253. The SMILES string of the molecule is CC(C)Oc1cc(F)cc(Cl)c1. The smallest absolute Gasteiger partial charge is 0.128 e. The zero-order valence-corrected chi connectivity index (χ0v) is 7.73. The summed E-state index contributed by atoms with van der Waals surface area (Å²) < 4.78 is 18.0. The van der Waals surface area contributed by atoms with Crippen LogP contribution in [0, 0.1) is 5.82 Å². The van der Waals surface area contributed by atoms with Crippen molar-refractivity contribution in [2.45, 2.75) is 20.0 Å². The zero-order chi connectivity index (χ0) is 9.14. The highest BCUT2D eigenvalue weighted by atomic mass is 35.5. The minimum Gasteiger partial charge on any atom is -0.491 e. The second-order valence-electron chi connectivity index (χ2n) is 2.77. The predicted octanol–water partition coefficient (Wildman–Crippen LogP) is 3.27. The normalized spacial score (nSPS) is 10.4. The molecule has 0 bridgehead atoms. The molecule has 0 saturated heterocycles. The summed E-state index contributed by atoms with van der Waals surface area (Å²) in [7, 11) is 0. The van der Waals surface area contributed by atoms with Crippen LogP contribution in [0.1, 0.15) is 13.8 Å². The molecule has 0 spiro atoms. The second kappa shape index (κ2) is 3.76. The van der Waals surface area contributed by atoms with Gasteiger partial charge in [0.1, 0.15) is 11.6 Å². The van der Waals surface area contributed by atoms with Crippen molar-refractivity contribution in [2.24, 2.45) is 0 Å². The van der Waals surface area contributed by atoms with Gasteiger partial charge in [-0.15, -0.1) is 0 Å². The molecule has 1 nitrogen and oxygen atoms in total. The van der Waals surface area contributed by atoms with Gasteiger partial charge >= 0.3 is 0 Å². The number of benzene rings is 1. The van der Waals surface area contributed by atoms with Crippen LogP contribution in [0.15, 0.2) is 18.2 Å². The van der Waals surface area contributed by atoms with Crippen molar-refractivity contribution < 1.29 is 9.13 Å².